The third-order valence-electron chi connectivity index (χ3n) is 2.13. The number of benzene rings is 1. The van der Waals surface area contributed by atoms with Crippen molar-refractivity contribution in [1.29, 1.82) is 0 Å². The first-order valence-corrected chi connectivity index (χ1v) is 5.30. The molecule has 2 aromatic rings. The third kappa shape index (κ3) is 3.57. The van der Waals surface area contributed by atoms with E-state index in [0.29, 0.717) is 0 Å². The third-order valence-corrected chi connectivity index (χ3v) is 2.13. The van der Waals surface area contributed by atoms with Gasteiger partial charge in [-0.1, -0.05) is 47.2 Å². The zero-order valence-corrected chi connectivity index (χ0v) is 9.23. The van der Waals surface area contributed by atoms with Crippen LogP contribution in [0.1, 0.15) is 5.56 Å². The van der Waals surface area contributed by atoms with E-state index in [9.17, 15) is 5.11 Å². The standard InChI is InChI=1S/C14H12N2O/c17-14(15-16-11-5-2-6-12-16)10-9-13-7-3-1-4-8-13/h1-12H/b10-9+. The molecule has 0 radical (unpaired) electrons. The van der Waals surface area contributed by atoms with E-state index in [1.54, 1.807) is 18.5 Å². The van der Waals surface area contributed by atoms with Gasteiger partial charge in [0.15, 0.2) is 0 Å². The smallest absolute Gasteiger partial charge is 0.202 e. The molecule has 0 unspecified atom stereocenters. The highest BCUT2D eigenvalue weighted by atomic mass is 16.3. The van der Waals surface area contributed by atoms with Crippen LogP contribution in [0.15, 0.2) is 72.1 Å². The van der Waals surface area contributed by atoms with Gasteiger partial charge in [-0.25, -0.2) is 0 Å². The van der Waals surface area contributed by atoms with Gasteiger partial charge < -0.3 is 5.11 Å². The van der Waals surface area contributed by atoms with Crippen molar-refractivity contribution in [1.82, 2.24) is 0 Å². The Morgan fingerprint density at radius 3 is 2.35 bits per heavy atom. The first kappa shape index (κ1) is 11.1. The van der Waals surface area contributed by atoms with Crippen LogP contribution >= 0.6 is 0 Å². The average Bonchev–Trinajstić information content (AvgIpc) is 2.39. The van der Waals surface area contributed by atoms with E-state index in [4.69, 9.17) is 0 Å². The van der Waals surface area contributed by atoms with E-state index >= 15 is 0 Å². The molecule has 0 aliphatic heterocycles. The summed E-state index contributed by atoms with van der Waals surface area (Å²) in [7, 11) is 0. The van der Waals surface area contributed by atoms with Crippen molar-refractivity contribution in [3.63, 3.8) is 0 Å². The molecule has 0 spiro atoms. The maximum atomic E-state index is 11.5. The highest BCUT2D eigenvalue weighted by molar-refractivity contribution is 5.87. The summed E-state index contributed by atoms with van der Waals surface area (Å²) in [5, 5.41) is 15.4. The van der Waals surface area contributed by atoms with Gasteiger partial charge in [0.05, 0.1) is 5.90 Å². The molecule has 0 atom stereocenters. The van der Waals surface area contributed by atoms with Crippen LogP contribution in [0.4, 0.5) is 0 Å². The SMILES string of the molecule is [O-]C(/C=C/c1ccccc1)=N\[n+]1ccccc1. The van der Waals surface area contributed by atoms with Gasteiger partial charge in [-0.15, -0.1) is 0 Å². The average molecular weight is 224 g/mol. The number of aromatic nitrogens is 1. The molecule has 84 valence electrons. The summed E-state index contributed by atoms with van der Waals surface area (Å²) in [5.41, 5.74) is 0.981. The van der Waals surface area contributed by atoms with E-state index in [1.807, 2.05) is 48.5 Å². The Hall–Kier alpha value is -2.42. The van der Waals surface area contributed by atoms with E-state index in [1.165, 1.54) is 10.8 Å². The number of rotatable bonds is 3. The second kappa shape index (κ2) is 5.61. The Kier molecular flexibility index (Phi) is 3.65. The molecule has 0 fully saturated rings. The van der Waals surface area contributed by atoms with Crippen molar-refractivity contribution < 1.29 is 9.78 Å². The molecule has 3 nitrogen and oxygen atoms in total. The van der Waals surface area contributed by atoms with Gasteiger partial charge in [0, 0.05) is 12.1 Å². The Labute approximate surface area is 100.0 Å². The van der Waals surface area contributed by atoms with Gasteiger partial charge in [-0.05, 0) is 16.7 Å². The molecular formula is C14H12N2O. The quantitative estimate of drug-likeness (QED) is 0.439. The molecule has 1 aromatic heterocycles. The summed E-state index contributed by atoms with van der Waals surface area (Å²) in [6.45, 7) is 0. The van der Waals surface area contributed by atoms with Crippen LogP contribution < -0.4 is 9.78 Å². The highest BCUT2D eigenvalue weighted by Crippen LogP contribution is 2.00. The van der Waals surface area contributed by atoms with Crippen molar-refractivity contribution in [2.45, 2.75) is 0 Å². The Morgan fingerprint density at radius 1 is 1.00 bits per heavy atom. The first-order valence-electron chi connectivity index (χ1n) is 5.30. The first-order chi connectivity index (χ1) is 8.34. The van der Waals surface area contributed by atoms with Crippen LogP contribution in [-0.4, -0.2) is 5.90 Å². The van der Waals surface area contributed by atoms with E-state index in [-0.39, 0.29) is 5.90 Å². The van der Waals surface area contributed by atoms with Crippen molar-refractivity contribution in [2.24, 2.45) is 5.10 Å². The minimum atomic E-state index is -0.287. The van der Waals surface area contributed by atoms with Gasteiger partial charge in [-0.3, -0.25) is 0 Å². The van der Waals surface area contributed by atoms with Crippen LogP contribution in [0.25, 0.3) is 6.08 Å². The molecular weight excluding hydrogens is 212 g/mol. The maximum Gasteiger partial charge on any atom is 0.202 e. The van der Waals surface area contributed by atoms with Gasteiger partial charge in [0.2, 0.25) is 12.4 Å². The summed E-state index contributed by atoms with van der Waals surface area (Å²) < 4.78 is 1.48. The lowest BCUT2D eigenvalue weighted by molar-refractivity contribution is -0.681. The van der Waals surface area contributed by atoms with Gasteiger partial charge in [0.1, 0.15) is 0 Å². The van der Waals surface area contributed by atoms with Crippen molar-refractivity contribution in [3.05, 3.63) is 72.6 Å². The molecule has 0 N–H and O–H groups in total. The lowest BCUT2D eigenvalue weighted by atomic mass is 10.2. The van der Waals surface area contributed by atoms with E-state index < -0.39 is 0 Å². The van der Waals surface area contributed by atoms with Crippen LogP contribution in [0.5, 0.6) is 0 Å². The monoisotopic (exact) mass is 224 g/mol. The van der Waals surface area contributed by atoms with Crippen LogP contribution in [0.3, 0.4) is 0 Å². The highest BCUT2D eigenvalue weighted by Gasteiger charge is 1.91. The normalized spacial score (nSPS) is 11.9. The van der Waals surface area contributed by atoms with Crippen LogP contribution in [0, 0.1) is 0 Å². The zero-order chi connectivity index (χ0) is 11.9. The second-order valence-electron chi connectivity index (χ2n) is 3.44. The number of pyridine rings is 1. The Morgan fingerprint density at radius 2 is 1.65 bits per heavy atom. The Bertz CT molecular complexity index is 518. The molecule has 0 aliphatic carbocycles. The molecule has 1 heterocycles. The van der Waals surface area contributed by atoms with Crippen molar-refractivity contribution >= 4 is 12.0 Å². The summed E-state index contributed by atoms with van der Waals surface area (Å²) in [4.78, 5) is 0. The molecule has 3 heteroatoms. The summed E-state index contributed by atoms with van der Waals surface area (Å²) in [6.07, 6.45) is 6.63. The molecule has 17 heavy (non-hydrogen) atoms. The lowest BCUT2D eigenvalue weighted by Crippen LogP contribution is -2.31. The van der Waals surface area contributed by atoms with Gasteiger partial charge >= 0.3 is 0 Å². The molecule has 0 saturated heterocycles. The largest absolute Gasteiger partial charge is 0.855 e. The summed E-state index contributed by atoms with van der Waals surface area (Å²) >= 11 is 0. The molecule has 0 bridgehead atoms. The molecule has 0 saturated carbocycles. The van der Waals surface area contributed by atoms with Crippen molar-refractivity contribution in [3.8, 4) is 0 Å². The topological polar surface area (TPSA) is 39.3 Å². The van der Waals surface area contributed by atoms with Gasteiger partial charge in [-0.2, -0.15) is 0 Å². The van der Waals surface area contributed by atoms with Crippen LogP contribution in [-0.2, 0) is 0 Å². The zero-order valence-electron chi connectivity index (χ0n) is 9.23. The number of nitrogens with zero attached hydrogens (tertiary/aromatic N) is 2. The minimum Gasteiger partial charge on any atom is -0.855 e. The predicted molar refractivity (Wildman–Crippen MR) is 64.9 cm³/mol. The molecule has 2 rings (SSSR count). The molecule has 0 aliphatic rings. The lowest BCUT2D eigenvalue weighted by Gasteiger charge is -1.99. The minimum absolute atomic E-state index is 0.287. The fraction of sp³-hybridized carbons (Fsp3) is 0. The van der Waals surface area contributed by atoms with Crippen LogP contribution in [0.2, 0.25) is 0 Å². The Balaban J connectivity index is 2.09. The molecule has 1 aromatic carbocycles. The number of hydrogen-bond acceptors (Lipinski definition) is 2. The van der Waals surface area contributed by atoms with Crippen molar-refractivity contribution in [2.75, 3.05) is 0 Å². The van der Waals surface area contributed by atoms with E-state index in [0.717, 1.165) is 5.56 Å². The second-order valence-corrected chi connectivity index (χ2v) is 3.44. The van der Waals surface area contributed by atoms with Gasteiger partial charge in [0.25, 0.3) is 0 Å². The maximum absolute atomic E-state index is 11.5. The number of hydrogen-bond donors (Lipinski definition) is 0. The fourth-order valence-corrected chi connectivity index (χ4v) is 1.34. The summed E-state index contributed by atoms with van der Waals surface area (Å²) in [6, 6.07) is 15.1. The predicted octanol–water partition coefficient (Wildman–Crippen LogP) is 1.21. The fourth-order valence-electron chi connectivity index (χ4n) is 1.34. The summed E-state index contributed by atoms with van der Waals surface area (Å²) in [5.74, 6) is -0.287. The molecule has 0 amide bonds. The van der Waals surface area contributed by atoms with E-state index in [2.05, 4.69) is 5.10 Å².